The molecule has 1 aliphatic heterocycles. The van der Waals surface area contributed by atoms with Crippen molar-refractivity contribution < 1.29 is 31.8 Å². The van der Waals surface area contributed by atoms with Crippen LogP contribution in [0.2, 0.25) is 0 Å². The molecule has 2 rings (SSSR count). The number of benzene rings is 1. The first kappa shape index (κ1) is 15.6. The fourth-order valence-corrected chi connectivity index (χ4v) is 2.59. The van der Waals surface area contributed by atoms with Gasteiger partial charge in [-0.25, -0.2) is 4.39 Å². The zero-order chi connectivity index (χ0) is 16.0. The lowest BCUT2D eigenvalue weighted by atomic mass is 9.79. The van der Waals surface area contributed by atoms with Gasteiger partial charge in [0.2, 0.25) is 5.60 Å². The Balaban J connectivity index is 2.52. The largest absolute Gasteiger partial charge is 0.493 e. The number of carbonyl (C=O) groups excluding carboxylic acids is 1. The lowest BCUT2D eigenvalue weighted by Gasteiger charge is -2.30. The SMILES string of the molecule is COc1c(F)cccc1[C@H]1C(=O)O[C@@](C)(C(F)(F)F)[C@H]1C. The van der Waals surface area contributed by atoms with Gasteiger partial charge >= 0.3 is 12.1 Å². The molecule has 0 amide bonds. The predicted molar refractivity (Wildman–Crippen MR) is 65.4 cm³/mol. The van der Waals surface area contributed by atoms with E-state index in [1.807, 2.05) is 0 Å². The lowest BCUT2D eigenvalue weighted by molar-refractivity contribution is -0.262. The van der Waals surface area contributed by atoms with E-state index in [1.54, 1.807) is 0 Å². The van der Waals surface area contributed by atoms with E-state index >= 15 is 0 Å². The van der Waals surface area contributed by atoms with Crippen molar-refractivity contribution in [3.63, 3.8) is 0 Å². The summed E-state index contributed by atoms with van der Waals surface area (Å²) in [6.07, 6.45) is -4.71. The minimum Gasteiger partial charge on any atom is -0.493 e. The molecule has 0 bridgehead atoms. The summed E-state index contributed by atoms with van der Waals surface area (Å²) in [5.41, 5.74) is -2.55. The normalized spacial score (nSPS) is 29.4. The first-order valence-corrected chi connectivity index (χ1v) is 6.25. The molecule has 7 heteroatoms. The molecule has 0 spiro atoms. The maximum absolute atomic E-state index is 13.7. The molecule has 1 fully saturated rings. The highest BCUT2D eigenvalue weighted by Gasteiger charge is 2.65. The number of hydrogen-bond acceptors (Lipinski definition) is 3. The fraction of sp³-hybridized carbons (Fsp3) is 0.500. The molecule has 1 aromatic carbocycles. The number of para-hydroxylation sites is 1. The average molecular weight is 306 g/mol. The van der Waals surface area contributed by atoms with Crippen molar-refractivity contribution in [1.82, 2.24) is 0 Å². The number of halogens is 4. The van der Waals surface area contributed by atoms with E-state index in [4.69, 9.17) is 4.74 Å². The van der Waals surface area contributed by atoms with Crippen molar-refractivity contribution in [3.05, 3.63) is 29.6 Å². The molecule has 0 radical (unpaired) electrons. The summed E-state index contributed by atoms with van der Waals surface area (Å²) in [7, 11) is 1.19. The van der Waals surface area contributed by atoms with Gasteiger partial charge in [0, 0.05) is 11.5 Å². The molecule has 1 saturated heterocycles. The van der Waals surface area contributed by atoms with Crippen molar-refractivity contribution in [2.45, 2.75) is 31.5 Å². The number of ether oxygens (including phenoxy) is 2. The summed E-state index contributed by atoms with van der Waals surface area (Å²) in [5, 5.41) is 0. The quantitative estimate of drug-likeness (QED) is 0.620. The van der Waals surface area contributed by atoms with Gasteiger partial charge in [-0.05, 0) is 13.0 Å². The van der Waals surface area contributed by atoms with Gasteiger partial charge < -0.3 is 9.47 Å². The van der Waals surface area contributed by atoms with Crippen molar-refractivity contribution in [2.24, 2.45) is 5.92 Å². The van der Waals surface area contributed by atoms with Crippen molar-refractivity contribution >= 4 is 5.97 Å². The number of rotatable bonds is 2. The van der Waals surface area contributed by atoms with Crippen LogP contribution in [0.25, 0.3) is 0 Å². The smallest absolute Gasteiger partial charge is 0.428 e. The van der Waals surface area contributed by atoms with Crippen LogP contribution in [-0.2, 0) is 9.53 Å². The van der Waals surface area contributed by atoms with Crippen molar-refractivity contribution in [2.75, 3.05) is 7.11 Å². The fourth-order valence-electron chi connectivity index (χ4n) is 2.59. The summed E-state index contributed by atoms with van der Waals surface area (Å²) < 4.78 is 62.6. The lowest BCUT2D eigenvalue weighted by Crippen LogP contribution is -2.46. The monoisotopic (exact) mass is 306 g/mol. The highest BCUT2D eigenvalue weighted by molar-refractivity contribution is 5.82. The molecule has 0 aromatic heterocycles. The molecule has 0 unspecified atom stereocenters. The first-order valence-electron chi connectivity index (χ1n) is 6.25. The minimum absolute atomic E-state index is 0.0583. The maximum Gasteiger partial charge on any atom is 0.428 e. The van der Waals surface area contributed by atoms with E-state index in [2.05, 4.69) is 4.74 Å². The number of carbonyl (C=O) groups is 1. The molecule has 0 aliphatic carbocycles. The molecule has 0 N–H and O–H groups in total. The average Bonchev–Trinajstić information content (AvgIpc) is 2.60. The summed E-state index contributed by atoms with van der Waals surface area (Å²) in [6.45, 7) is 2.08. The Labute approximate surface area is 118 Å². The maximum atomic E-state index is 13.7. The Morgan fingerprint density at radius 1 is 1.33 bits per heavy atom. The molecule has 3 nitrogen and oxygen atoms in total. The summed E-state index contributed by atoms with van der Waals surface area (Å²) in [6, 6.07) is 3.79. The summed E-state index contributed by atoms with van der Waals surface area (Å²) in [5.74, 6) is -4.46. The molecule has 1 aliphatic rings. The Morgan fingerprint density at radius 3 is 2.43 bits per heavy atom. The van der Waals surface area contributed by atoms with E-state index < -0.39 is 35.4 Å². The van der Waals surface area contributed by atoms with Gasteiger partial charge in [0.15, 0.2) is 11.6 Å². The van der Waals surface area contributed by atoms with Gasteiger partial charge in [-0.15, -0.1) is 0 Å². The number of methoxy groups -OCH3 is 1. The third-order valence-corrected chi connectivity index (χ3v) is 4.03. The van der Waals surface area contributed by atoms with Gasteiger partial charge in [-0.3, -0.25) is 4.79 Å². The molecule has 3 atom stereocenters. The number of cyclic esters (lactones) is 1. The Kier molecular flexibility index (Phi) is 3.63. The van der Waals surface area contributed by atoms with Crippen LogP contribution < -0.4 is 4.74 Å². The van der Waals surface area contributed by atoms with Gasteiger partial charge in [0.05, 0.1) is 13.0 Å². The van der Waals surface area contributed by atoms with Crippen LogP contribution in [-0.4, -0.2) is 24.9 Å². The van der Waals surface area contributed by atoms with Crippen LogP contribution >= 0.6 is 0 Å². The zero-order valence-electron chi connectivity index (χ0n) is 11.6. The van der Waals surface area contributed by atoms with Gasteiger partial charge in [0.25, 0.3) is 0 Å². The standard InChI is InChI=1S/C14H14F4O3/c1-7-10(8-5-4-6-9(15)11(8)20-3)12(19)21-13(7,2)14(16,17)18/h4-7,10H,1-3H3/t7-,10-,13+/m0/s1. The van der Waals surface area contributed by atoms with Crippen LogP contribution in [0.5, 0.6) is 5.75 Å². The predicted octanol–water partition coefficient (Wildman–Crippen LogP) is 3.43. The van der Waals surface area contributed by atoms with Crippen molar-refractivity contribution in [3.8, 4) is 5.75 Å². The Morgan fingerprint density at radius 2 is 1.95 bits per heavy atom. The zero-order valence-corrected chi connectivity index (χ0v) is 11.6. The third kappa shape index (κ3) is 2.24. The van der Waals surface area contributed by atoms with Crippen LogP contribution in [0.4, 0.5) is 17.6 Å². The van der Waals surface area contributed by atoms with E-state index in [-0.39, 0.29) is 11.3 Å². The molecule has 116 valence electrons. The molecular weight excluding hydrogens is 292 g/mol. The van der Waals surface area contributed by atoms with E-state index in [0.717, 1.165) is 13.0 Å². The van der Waals surface area contributed by atoms with E-state index in [1.165, 1.54) is 26.2 Å². The Bertz CT molecular complexity index is 570. The Hall–Kier alpha value is -1.79. The highest BCUT2D eigenvalue weighted by Crippen LogP contribution is 2.52. The van der Waals surface area contributed by atoms with E-state index in [0.29, 0.717) is 0 Å². The third-order valence-electron chi connectivity index (χ3n) is 4.03. The van der Waals surface area contributed by atoms with E-state index in [9.17, 15) is 22.4 Å². The second-order valence-corrected chi connectivity index (χ2v) is 5.15. The second kappa shape index (κ2) is 4.89. The molecule has 1 heterocycles. The summed E-state index contributed by atoms with van der Waals surface area (Å²) >= 11 is 0. The first-order chi connectivity index (χ1) is 9.63. The second-order valence-electron chi connectivity index (χ2n) is 5.15. The van der Waals surface area contributed by atoms with Gasteiger partial charge in [0.1, 0.15) is 0 Å². The number of esters is 1. The molecular formula is C14H14F4O3. The van der Waals surface area contributed by atoms with Crippen molar-refractivity contribution in [1.29, 1.82) is 0 Å². The van der Waals surface area contributed by atoms with Gasteiger partial charge in [-0.1, -0.05) is 19.1 Å². The highest BCUT2D eigenvalue weighted by atomic mass is 19.4. The van der Waals surface area contributed by atoms with Crippen LogP contribution in [0, 0.1) is 11.7 Å². The molecule has 1 aromatic rings. The van der Waals surface area contributed by atoms with Gasteiger partial charge in [-0.2, -0.15) is 13.2 Å². The van der Waals surface area contributed by atoms with Crippen LogP contribution in [0.15, 0.2) is 18.2 Å². The summed E-state index contributed by atoms with van der Waals surface area (Å²) in [4.78, 5) is 11.9. The minimum atomic E-state index is -4.71. The molecule has 21 heavy (non-hydrogen) atoms. The van der Waals surface area contributed by atoms with Crippen LogP contribution in [0.3, 0.4) is 0 Å². The topological polar surface area (TPSA) is 35.5 Å². The molecule has 0 saturated carbocycles. The number of alkyl halides is 3. The van der Waals surface area contributed by atoms with Crippen LogP contribution in [0.1, 0.15) is 25.3 Å². The number of hydrogen-bond donors (Lipinski definition) is 0.